The van der Waals surface area contributed by atoms with Crippen molar-refractivity contribution in [2.45, 2.75) is 40.0 Å². The zero-order valence-corrected chi connectivity index (χ0v) is 18.1. The predicted molar refractivity (Wildman–Crippen MR) is 118 cm³/mol. The van der Waals surface area contributed by atoms with Crippen LogP contribution in [0.1, 0.15) is 60.9 Å². The van der Waals surface area contributed by atoms with E-state index in [0.717, 1.165) is 19.6 Å². The minimum Gasteiger partial charge on any atom is -0.461 e. The maximum absolute atomic E-state index is 12.4. The van der Waals surface area contributed by atoms with Crippen molar-refractivity contribution < 1.29 is 14.3 Å². The number of amides is 1. The molecule has 0 aliphatic heterocycles. The fraction of sp³-hybridized carbons (Fsp3) is 0.417. The molecule has 1 N–H and O–H groups in total. The van der Waals surface area contributed by atoms with Gasteiger partial charge in [0, 0.05) is 17.8 Å². The average molecular weight is 397 g/mol. The van der Waals surface area contributed by atoms with E-state index in [4.69, 9.17) is 4.74 Å². The number of likely N-dealkylation sites (N-methyl/N-ethyl adjacent to an activating group) is 1. The molecule has 29 heavy (non-hydrogen) atoms. The average Bonchev–Trinajstić information content (AvgIpc) is 2.71. The van der Waals surface area contributed by atoms with E-state index in [0.29, 0.717) is 23.4 Å². The van der Waals surface area contributed by atoms with E-state index in [1.54, 1.807) is 24.3 Å². The molecule has 0 atom stereocenters. The number of benzene rings is 2. The summed E-state index contributed by atoms with van der Waals surface area (Å²) in [4.78, 5) is 26.8. The first-order valence-electron chi connectivity index (χ1n) is 10.2. The second kappa shape index (κ2) is 10.2. The third-order valence-electron chi connectivity index (χ3n) is 4.93. The summed E-state index contributed by atoms with van der Waals surface area (Å²) in [5.74, 6) is -0.534. The number of carbonyl (C=O) groups excluding carboxylic acids is 2. The molecule has 0 saturated carbocycles. The van der Waals surface area contributed by atoms with Crippen molar-refractivity contribution in [2.24, 2.45) is 0 Å². The second-order valence-corrected chi connectivity index (χ2v) is 8.02. The van der Waals surface area contributed by atoms with Gasteiger partial charge in [0.1, 0.15) is 6.61 Å². The number of hydrogen-bond donors (Lipinski definition) is 1. The predicted octanol–water partition coefficient (Wildman–Crippen LogP) is 4.74. The van der Waals surface area contributed by atoms with Gasteiger partial charge in [-0.05, 0) is 60.5 Å². The first-order valence-corrected chi connectivity index (χ1v) is 10.2. The number of anilines is 1. The van der Waals surface area contributed by atoms with Crippen LogP contribution in [0.4, 0.5) is 5.69 Å². The molecule has 2 rings (SSSR count). The lowest BCUT2D eigenvalue weighted by Crippen LogP contribution is -2.27. The number of nitrogens with zero attached hydrogens (tertiary/aromatic N) is 1. The summed E-state index contributed by atoms with van der Waals surface area (Å²) in [6, 6.07) is 14.4. The van der Waals surface area contributed by atoms with E-state index in [-0.39, 0.29) is 17.3 Å². The van der Waals surface area contributed by atoms with Crippen LogP contribution in [0.15, 0.2) is 48.5 Å². The molecule has 0 radical (unpaired) electrons. The van der Waals surface area contributed by atoms with Crippen molar-refractivity contribution >= 4 is 17.6 Å². The van der Waals surface area contributed by atoms with Crippen molar-refractivity contribution in [3.8, 4) is 0 Å². The SMILES string of the molecule is CCN(CC)CCOC(=O)c1ccc(NC(=O)c2ccc(C(C)(C)C)cc2)cc1. The van der Waals surface area contributed by atoms with Crippen molar-refractivity contribution in [3.63, 3.8) is 0 Å². The quantitative estimate of drug-likeness (QED) is 0.655. The summed E-state index contributed by atoms with van der Waals surface area (Å²) in [6.07, 6.45) is 0. The van der Waals surface area contributed by atoms with Crippen LogP contribution >= 0.6 is 0 Å². The molecule has 0 fully saturated rings. The molecule has 0 saturated heterocycles. The Morgan fingerprint density at radius 3 is 1.97 bits per heavy atom. The van der Waals surface area contributed by atoms with Gasteiger partial charge in [0.25, 0.3) is 5.91 Å². The maximum atomic E-state index is 12.4. The Morgan fingerprint density at radius 1 is 0.897 bits per heavy atom. The van der Waals surface area contributed by atoms with Crippen molar-refractivity contribution in [3.05, 3.63) is 65.2 Å². The van der Waals surface area contributed by atoms with Gasteiger partial charge in [0.15, 0.2) is 0 Å². The molecule has 0 aliphatic carbocycles. The third kappa shape index (κ3) is 6.71. The van der Waals surface area contributed by atoms with Gasteiger partial charge in [-0.3, -0.25) is 4.79 Å². The smallest absolute Gasteiger partial charge is 0.338 e. The molecule has 0 bridgehead atoms. The topological polar surface area (TPSA) is 58.6 Å². The Balaban J connectivity index is 1.91. The summed E-state index contributed by atoms with van der Waals surface area (Å²) >= 11 is 0. The van der Waals surface area contributed by atoms with Crippen LogP contribution in [0, 0.1) is 0 Å². The van der Waals surface area contributed by atoms with Crippen molar-refractivity contribution in [2.75, 3.05) is 31.6 Å². The van der Waals surface area contributed by atoms with Crippen LogP contribution in [-0.4, -0.2) is 43.0 Å². The van der Waals surface area contributed by atoms with Crippen LogP contribution in [0.2, 0.25) is 0 Å². The minimum absolute atomic E-state index is 0.0464. The molecule has 0 spiro atoms. The Hall–Kier alpha value is -2.66. The van der Waals surface area contributed by atoms with Gasteiger partial charge in [-0.1, -0.05) is 46.8 Å². The monoisotopic (exact) mass is 396 g/mol. The van der Waals surface area contributed by atoms with Gasteiger partial charge in [-0.2, -0.15) is 0 Å². The van der Waals surface area contributed by atoms with E-state index < -0.39 is 0 Å². The molecule has 0 heterocycles. The Bertz CT molecular complexity index is 802. The largest absolute Gasteiger partial charge is 0.461 e. The van der Waals surface area contributed by atoms with Gasteiger partial charge in [0.2, 0.25) is 0 Å². The molecular formula is C24H32N2O3. The summed E-state index contributed by atoms with van der Waals surface area (Å²) in [5.41, 5.74) is 2.92. The van der Waals surface area contributed by atoms with E-state index in [1.807, 2.05) is 24.3 Å². The van der Waals surface area contributed by atoms with E-state index in [9.17, 15) is 9.59 Å². The summed E-state index contributed by atoms with van der Waals surface area (Å²) in [5, 5.41) is 2.86. The molecule has 0 aromatic heterocycles. The zero-order chi connectivity index (χ0) is 21.4. The molecule has 1 amide bonds. The van der Waals surface area contributed by atoms with Gasteiger partial charge >= 0.3 is 5.97 Å². The van der Waals surface area contributed by atoms with Crippen molar-refractivity contribution in [1.82, 2.24) is 4.90 Å². The number of hydrogen-bond acceptors (Lipinski definition) is 4. The highest BCUT2D eigenvalue weighted by atomic mass is 16.5. The highest BCUT2D eigenvalue weighted by molar-refractivity contribution is 6.04. The van der Waals surface area contributed by atoms with Crippen LogP contribution in [-0.2, 0) is 10.2 Å². The normalized spacial score (nSPS) is 11.4. The number of esters is 1. The molecule has 0 unspecified atom stereocenters. The first kappa shape index (κ1) is 22.6. The number of ether oxygens (including phenoxy) is 1. The maximum Gasteiger partial charge on any atom is 0.338 e. The molecule has 0 aliphatic rings. The minimum atomic E-state index is -0.354. The summed E-state index contributed by atoms with van der Waals surface area (Å²) < 4.78 is 5.32. The second-order valence-electron chi connectivity index (χ2n) is 8.02. The fourth-order valence-electron chi connectivity index (χ4n) is 2.91. The van der Waals surface area contributed by atoms with Gasteiger partial charge in [0.05, 0.1) is 5.56 Å². The first-order chi connectivity index (χ1) is 13.7. The molecule has 5 nitrogen and oxygen atoms in total. The van der Waals surface area contributed by atoms with E-state index in [1.165, 1.54) is 5.56 Å². The third-order valence-corrected chi connectivity index (χ3v) is 4.93. The molecule has 5 heteroatoms. The summed E-state index contributed by atoms with van der Waals surface area (Å²) in [7, 11) is 0. The molecule has 2 aromatic carbocycles. The lowest BCUT2D eigenvalue weighted by atomic mass is 9.87. The Kier molecular flexibility index (Phi) is 7.97. The highest BCUT2D eigenvalue weighted by Gasteiger charge is 2.14. The van der Waals surface area contributed by atoms with Gasteiger partial charge in [-0.25, -0.2) is 4.79 Å². The van der Waals surface area contributed by atoms with Crippen LogP contribution in [0.25, 0.3) is 0 Å². The van der Waals surface area contributed by atoms with Crippen LogP contribution in [0.5, 0.6) is 0 Å². The van der Waals surface area contributed by atoms with Crippen LogP contribution in [0.3, 0.4) is 0 Å². The van der Waals surface area contributed by atoms with Crippen LogP contribution < -0.4 is 5.32 Å². The standard InChI is InChI=1S/C24H32N2O3/c1-6-26(7-2)16-17-29-23(28)19-10-14-21(15-11-19)25-22(27)18-8-12-20(13-9-18)24(3,4)5/h8-15H,6-7,16-17H2,1-5H3,(H,25,27). The van der Waals surface area contributed by atoms with Gasteiger partial charge < -0.3 is 15.0 Å². The molecular weight excluding hydrogens is 364 g/mol. The summed E-state index contributed by atoms with van der Waals surface area (Å²) in [6.45, 7) is 13.5. The molecule has 2 aromatic rings. The molecule has 156 valence electrons. The van der Waals surface area contributed by atoms with Crippen molar-refractivity contribution in [1.29, 1.82) is 0 Å². The number of carbonyl (C=O) groups is 2. The van der Waals surface area contributed by atoms with E-state index in [2.05, 4.69) is 44.8 Å². The number of nitrogens with one attached hydrogen (secondary N) is 1. The lowest BCUT2D eigenvalue weighted by molar-refractivity contribution is 0.0466. The fourth-order valence-corrected chi connectivity index (χ4v) is 2.91. The Morgan fingerprint density at radius 2 is 1.45 bits per heavy atom. The van der Waals surface area contributed by atoms with E-state index >= 15 is 0 Å². The number of rotatable bonds is 8. The highest BCUT2D eigenvalue weighted by Crippen LogP contribution is 2.22. The zero-order valence-electron chi connectivity index (χ0n) is 18.1. The van der Waals surface area contributed by atoms with Gasteiger partial charge in [-0.15, -0.1) is 0 Å². The lowest BCUT2D eigenvalue weighted by Gasteiger charge is -2.19. The Labute approximate surface area is 174 Å².